The molecule has 0 radical (unpaired) electrons. The van der Waals surface area contributed by atoms with Gasteiger partial charge in [-0.05, 0) is 32.0 Å². The zero-order chi connectivity index (χ0) is 13.1. The maximum atomic E-state index is 4.31. The summed E-state index contributed by atoms with van der Waals surface area (Å²) in [5.74, 6) is 1.02. The minimum Gasteiger partial charge on any atom is -0.309 e. The molecule has 2 rings (SSSR count). The molecule has 0 aliphatic carbocycles. The van der Waals surface area contributed by atoms with Crippen LogP contribution in [0.2, 0.25) is 0 Å². The zero-order valence-electron chi connectivity index (χ0n) is 11.4. The Morgan fingerprint density at radius 2 is 2.22 bits per heavy atom. The zero-order valence-corrected chi connectivity index (χ0v) is 12.2. The van der Waals surface area contributed by atoms with E-state index in [1.165, 1.54) is 15.3 Å². The van der Waals surface area contributed by atoms with E-state index >= 15 is 0 Å². The molecular formula is C13H20N4S. The van der Waals surface area contributed by atoms with Gasteiger partial charge in [-0.3, -0.25) is 4.68 Å². The molecule has 0 bridgehead atoms. The number of aromatic nitrogens is 3. The van der Waals surface area contributed by atoms with E-state index in [0.717, 1.165) is 18.8 Å². The fourth-order valence-electron chi connectivity index (χ4n) is 1.98. The highest BCUT2D eigenvalue weighted by atomic mass is 32.1. The number of likely N-dealkylation sites (N-methyl/N-ethyl adjacent to an activating group) is 1. The normalized spacial score (nSPS) is 12.9. The fraction of sp³-hybridized carbons (Fsp3) is 0.538. The Bertz CT molecular complexity index is 495. The first kappa shape index (κ1) is 13.2. The van der Waals surface area contributed by atoms with Crippen molar-refractivity contribution in [2.45, 2.75) is 33.2 Å². The molecule has 0 amide bonds. The smallest absolute Gasteiger partial charge is 0.138 e. The summed E-state index contributed by atoms with van der Waals surface area (Å²) in [6, 6.07) is 2.61. The maximum absolute atomic E-state index is 4.31. The van der Waals surface area contributed by atoms with Crippen LogP contribution in [0.4, 0.5) is 0 Å². The van der Waals surface area contributed by atoms with E-state index in [1.54, 1.807) is 6.33 Å². The number of thiophene rings is 1. The van der Waals surface area contributed by atoms with E-state index in [9.17, 15) is 0 Å². The lowest BCUT2D eigenvalue weighted by Gasteiger charge is -2.15. The molecule has 0 fully saturated rings. The first-order valence-electron chi connectivity index (χ1n) is 6.25. The van der Waals surface area contributed by atoms with Gasteiger partial charge in [0.15, 0.2) is 0 Å². The molecule has 18 heavy (non-hydrogen) atoms. The van der Waals surface area contributed by atoms with Gasteiger partial charge in [-0.2, -0.15) is 5.10 Å². The molecule has 2 aromatic heterocycles. The van der Waals surface area contributed by atoms with Crippen LogP contribution in [0.5, 0.6) is 0 Å². The van der Waals surface area contributed by atoms with Gasteiger partial charge < -0.3 is 5.32 Å². The molecule has 1 unspecified atom stereocenters. The van der Waals surface area contributed by atoms with Crippen molar-refractivity contribution in [1.82, 2.24) is 20.1 Å². The Kier molecular flexibility index (Phi) is 4.14. The number of aryl methyl sites for hydroxylation is 3. The van der Waals surface area contributed by atoms with Crippen molar-refractivity contribution in [2.75, 3.05) is 6.54 Å². The Labute approximate surface area is 112 Å². The second-order valence-electron chi connectivity index (χ2n) is 4.50. The first-order chi connectivity index (χ1) is 8.61. The third-order valence-electron chi connectivity index (χ3n) is 3.17. The van der Waals surface area contributed by atoms with Crippen LogP contribution < -0.4 is 5.32 Å². The summed E-state index contributed by atoms with van der Waals surface area (Å²) in [5.41, 5.74) is 1.37. The highest BCUT2D eigenvalue weighted by Gasteiger charge is 2.16. The number of nitrogens with zero attached hydrogens (tertiary/aromatic N) is 3. The summed E-state index contributed by atoms with van der Waals surface area (Å²) in [5, 5.41) is 7.66. The van der Waals surface area contributed by atoms with Crippen molar-refractivity contribution in [3.05, 3.63) is 33.5 Å². The Morgan fingerprint density at radius 1 is 1.44 bits per heavy atom. The van der Waals surface area contributed by atoms with Crippen molar-refractivity contribution in [3.63, 3.8) is 0 Å². The average molecular weight is 264 g/mol. The molecule has 5 heteroatoms. The van der Waals surface area contributed by atoms with Gasteiger partial charge >= 0.3 is 0 Å². The van der Waals surface area contributed by atoms with Gasteiger partial charge in [-0.1, -0.05) is 6.92 Å². The second-order valence-corrected chi connectivity index (χ2v) is 5.79. The van der Waals surface area contributed by atoms with Gasteiger partial charge in [-0.15, -0.1) is 11.3 Å². The fourth-order valence-corrected chi connectivity index (χ4v) is 3.10. The molecule has 0 aromatic carbocycles. The van der Waals surface area contributed by atoms with E-state index in [0.29, 0.717) is 6.04 Å². The van der Waals surface area contributed by atoms with Gasteiger partial charge in [0.1, 0.15) is 12.2 Å². The van der Waals surface area contributed by atoms with E-state index in [1.807, 2.05) is 23.1 Å². The first-order valence-corrected chi connectivity index (χ1v) is 7.06. The molecule has 0 aliphatic heterocycles. The lowest BCUT2D eigenvalue weighted by atomic mass is 10.1. The predicted octanol–water partition coefficient (Wildman–Crippen LogP) is 2.39. The molecule has 1 atom stereocenters. The predicted molar refractivity (Wildman–Crippen MR) is 74.9 cm³/mol. The third-order valence-corrected chi connectivity index (χ3v) is 4.44. The summed E-state index contributed by atoms with van der Waals surface area (Å²) >= 11 is 1.87. The largest absolute Gasteiger partial charge is 0.309 e. The third kappa shape index (κ3) is 2.79. The molecule has 4 nitrogen and oxygen atoms in total. The highest BCUT2D eigenvalue weighted by Crippen LogP contribution is 2.28. The number of hydrogen-bond acceptors (Lipinski definition) is 4. The number of nitrogens with one attached hydrogen (secondary N) is 1. The molecule has 98 valence electrons. The van der Waals surface area contributed by atoms with Crippen molar-refractivity contribution < 1.29 is 0 Å². The van der Waals surface area contributed by atoms with Crippen LogP contribution in [0.1, 0.15) is 34.1 Å². The quantitative estimate of drug-likeness (QED) is 0.901. The van der Waals surface area contributed by atoms with E-state index in [4.69, 9.17) is 0 Å². The monoisotopic (exact) mass is 264 g/mol. The average Bonchev–Trinajstić information content (AvgIpc) is 2.87. The van der Waals surface area contributed by atoms with Gasteiger partial charge in [0, 0.05) is 29.3 Å². The number of hydrogen-bond donors (Lipinski definition) is 1. The van der Waals surface area contributed by atoms with E-state index in [2.05, 4.69) is 42.2 Å². The molecular weight excluding hydrogens is 244 g/mol. The SMILES string of the molecule is CCNC(Cc1ncnn1C)c1cc(C)c(C)s1. The molecule has 0 saturated carbocycles. The lowest BCUT2D eigenvalue weighted by molar-refractivity contribution is 0.529. The Balaban J connectivity index is 2.20. The molecule has 2 heterocycles. The maximum Gasteiger partial charge on any atom is 0.138 e. The van der Waals surface area contributed by atoms with Crippen LogP contribution in [0.3, 0.4) is 0 Å². The Morgan fingerprint density at radius 3 is 2.72 bits per heavy atom. The summed E-state index contributed by atoms with van der Waals surface area (Å²) < 4.78 is 1.84. The van der Waals surface area contributed by atoms with Gasteiger partial charge in [-0.25, -0.2) is 4.98 Å². The standard InChI is InChI=1S/C13H20N4S/c1-5-14-11(7-13-15-8-16-17(13)4)12-6-9(2)10(3)18-12/h6,8,11,14H,5,7H2,1-4H3. The van der Waals surface area contributed by atoms with Crippen molar-refractivity contribution >= 4 is 11.3 Å². The molecule has 0 spiro atoms. The van der Waals surface area contributed by atoms with Crippen LogP contribution in [0, 0.1) is 13.8 Å². The van der Waals surface area contributed by atoms with Gasteiger partial charge in [0.05, 0.1) is 0 Å². The van der Waals surface area contributed by atoms with Gasteiger partial charge in [0.2, 0.25) is 0 Å². The molecule has 2 aromatic rings. The Hall–Kier alpha value is -1.20. The summed E-state index contributed by atoms with van der Waals surface area (Å²) in [6.07, 6.45) is 2.49. The topological polar surface area (TPSA) is 42.7 Å². The van der Waals surface area contributed by atoms with E-state index in [-0.39, 0.29) is 0 Å². The van der Waals surface area contributed by atoms with Gasteiger partial charge in [0.25, 0.3) is 0 Å². The van der Waals surface area contributed by atoms with Crippen molar-refractivity contribution in [2.24, 2.45) is 7.05 Å². The van der Waals surface area contributed by atoms with Crippen LogP contribution in [0.15, 0.2) is 12.4 Å². The minimum absolute atomic E-state index is 0.329. The van der Waals surface area contributed by atoms with Crippen LogP contribution >= 0.6 is 11.3 Å². The van der Waals surface area contributed by atoms with E-state index < -0.39 is 0 Å². The van der Waals surface area contributed by atoms with Crippen molar-refractivity contribution in [1.29, 1.82) is 0 Å². The number of rotatable bonds is 5. The highest BCUT2D eigenvalue weighted by molar-refractivity contribution is 7.12. The summed E-state index contributed by atoms with van der Waals surface area (Å²) in [4.78, 5) is 7.09. The molecule has 0 aliphatic rings. The summed E-state index contributed by atoms with van der Waals surface area (Å²) in [7, 11) is 1.94. The molecule has 1 N–H and O–H groups in total. The van der Waals surface area contributed by atoms with Crippen LogP contribution in [-0.4, -0.2) is 21.3 Å². The summed E-state index contributed by atoms with van der Waals surface area (Å²) in [6.45, 7) is 7.44. The molecule has 0 saturated heterocycles. The lowest BCUT2D eigenvalue weighted by Crippen LogP contribution is -2.23. The van der Waals surface area contributed by atoms with Crippen molar-refractivity contribution in [3.8, 4) is 0 Å². The van der Waals surface area contributed by atoms with Crippen LogP contribution in [-0.2, 0) is 13.5 Å². The minimum atomic E-state index is 0.329. The second kappa shape index (κ2) is 5.63. The van der Waals surface area contributed by atoms with Crippen LogP contribution in [0.25, 0.3) is 0 Å².